The molecule has 2 aromatic carbocycles. The number of benzene rings is 2. The molecule has 0 bridgehead atoms. The number of halogens is 3. The molecule has 1 heterocycles. The number of carbonyl (C=O) groups is 2. The minimum absolute atomic E-state index is 0.0679. The topological polar surface area (TPSA) is 49.4 Å². The van der Waals surface area contributed by atoms with Crippen molar-refractivity contribution < 1.29 is 14.0 Å². The molecule has 2 aromatic rings. The Bertz CT molecular complexity index is 858. The highest BCUT2D eigenvalue weighted by atomic mass is 35.5. The van der Waals surface area contributed by atoms with Crippen LogP contribution >= 0.6 is 23.2 Å². The number of nitrogens with one attached hydrogen (secondary N) is 1. The number of carbonyl (C=O) groups excluding carboxylic acids is 2. The van der Waals surface area contributed by atoms with Gasteiger partial charge < -0.3 is 10.2 Å². The zero-order valence-electron chi connectivity index (χ0n) is 15.3. The Morgan fingerprint density at radius 3 is 2.61 bits per heavy atom. The van der Waals surface area contributed by atoms with Gasteiger partial charge in [-0.2, -0.15) is 0 Å². The summed E-state index contributed by atoms with van der Waals surface area (Å²) in [6, 6.07) is 10.8. The summed E-state index contributed by atoms with van der Waals surface area (Å²) in [7, 11) is 0. The lowest BCUT2D eigenvalue weighted by atomic mass is 9.96. The van der Waals surface area contributed by atoms with Crippen molar-refractivity contribution in [1.29, 1.82) is 0 Å². The molecule has 1 aliphatic rings. The summed E-state index contributed by atoms with van der Waals surface area (Å²) in [4.78, 5) is 26.8. The Morgan fingerprint density at radius 1 is 1.14 bits per heavy atom. The highest BCUT2D eigenvalue weighted by Crippen LogP contribution is 2.22. The second-order valence-corrected chi connectivity index (χ2v) is 7.72. The van der Waals surface area contributed by atoms with Gasteiger partial charge in [0.2, 0.25) is 5.91 Å². The normalized spacial score (nSPS) is 16.7. The maximum absolute atomic E-state index is 13.1. The van der Waals surface area contributed by atoms with Crippen LogP contribution < -0.4 is 5.32 Å². The molecule has 1 aliphatic heterocycles. The summed E-state index contributed by atoms with van der Waals surface area (Å²) in [5.74, 6) is -0.876. The highest BCUT2D eigenvalue weighted by Gasteiger charge is 2.28. The minimum atomic E-state index is -0.381. The predicted molar refractivity (Wildman–Crippen MR) is 108 cm³/mol. The van der Waals surface area contributed by atoms with E-state index in [4.69, 9.17) is 23.2 Å². The van der Waals surface area contributed by atoms with Crippen molar-refractivity contribution in [3.8, 4) is 0 Å². The van der Waals surface area contributed by atoms with E-state index in [-0.39, 0.29) is 23.5 Å². The summed E-state index contributed by atoms with van der Waals surface area (Å²) in [6.45, 7) is 1.42. The van der Waals surface area contributed by atoms with E-state index < -0.39 is 0 Å². The van der Waals surface area contributed by atoms with E-state index in [1.807, 2.05) is 6.07 Å². The molecule has 1 atom stereocenters. The van der Waals surface area contributed by atoms with Crippen LogP contribution in [-0.2, 0) is 11.2 Å². The SMILES string of the molecule is O=C(NCCc1ccc(Cl)cc1Cl)C1CCCN(C(=O)c2ccc(F)cc2)C1. The number of likely N-dealkylation sites (tertiary alicyclic amines) is 1. The fraction of sp³-hybridized carbons (Fsp3) is 0.333. The first-order chi connectivity index (χ1) is 13.4. The van der Waals surface area contributed by atoms with E-state index in [0.717, 1.165) is 18.4 Å². The molecule has 0 spiro atoms. The maximum Gasteiger partial charge on any atom is 0.253 e. The third kappa shape index (κ3) is 5.24. The van der Waals surface area contributed by atoms with Gasteiger partial charge in [0.25, 0.3) is 5.91 Å². The summed E-state index contributed by atoms with van der Waals surface area (Å²) in [6.07, 6.45) is 2.10. The van der Waals surface area contributed by atoms with E-state index in [1.54, 1.807) is 17.0 Å². The largest absolute Gasteiger partial charge is 0.355 e. The quantitative estimate of drug-likeness (QED) is 0.778. The first-order valence-corrected chi connectivity index (χ1v) is 9.96. The Labute approximate surface area is 173 Å². The predicted octanol–water partition coefficient (Wildman–Crippen LogP) is 4.34. The molecule has 7 heteroatoms. The molecule has 0 radical (unpaired) electrons. The standard InChI is InChI=1S/C21H21Cl2FN2O2/c22-17-6-3-14(19(23)12-17)9-10-25-20(27)16-2-1-11-26(13-16)21(28)15-4-7-18(24)8-5-15/h3-8,12,16H,1-2,9-11,13H2,(H,25,27). The Kier molecular flexibility index (Phi) is 6.92. The van der Waals surface area contributed by atoms with Gasteiger partial charge in [-0.25, -0.2) is 4.39 Å². The van der Waals surface area contributed by atoms with Crippen LogP contribution in [0.25, 0.3) is 0 Å². The van der Waals surface area contributed by atoms with Gasteiger partial charge in [-0.15, -0.1) is 0 Å². The summed E-state index contributed by atoms with van der Waals surface area (Å²) in [5.41, 5.74) is 1.35. The molecule has 4 nitrogen and oxygen atoms in total. The zero-order chi connectivity index (χ0) is 20.1. The van der Waals surface area contributed by atoms with Crippen molar-refractivity contribution in [2.45, 2.75) is 19.3 Å². The van der Waals surface area contributed by atoms with E-state index >= 15 is 0 Å². The average molecular weight is 423 g/mol. The number of amides is 2. The number of nitrogens with zero attached hydrogens (tertiary/aromatic N) is 1. The van der Waals surface area contributed by atoms with Crippen molar-refractivity contribution >= 4 is 35.0 Å². The van der Waals surface area contributed by atoms with Crippen LogP contribution in [0.2, 0.25) is 10.0 Å². The molecule has 0 aliphatic carbocycles. The van der Waals surface area contributed by atoms with Crippen LogP contribution in [0.4, 0.5) is 4.39 Å². The minimum Gasteiger partial charge on any atom is -0.355 e. The van der Waals surface area contributed by atoms with Crippen LogP contribution in [0.15, 0.2) is 42.5 Å². The second-order valence-electron chi connectivity index (χ2n) is 6.87. The summed E-state index contributed by atoms with van der Waals surface area (Å²) in [5, 5.41) is 4.09. The Balaban J connectivity index is 1.52. The Hall–Kier alpha value is -2.11. The monoisotopic (exact) mass is 422 g/mol. The number of piperidine rings is 1. The third-order valence-electron chi connectivity index (χ3n) is 4.88. The van der Waals surface area contributed by atoms with Crippen LogP contribution in [0.3, 0.4) is 0 Å². The molecule has 0 saturated carbocycles. The van der Waals surface area contributed by atoms with Crippen LogP contribution in [-0.4, -0.2) is 36.3 Å². The number of rotatable bonds is 5. The molecule has 0 aromatic heterocycles. The molecule has 2 amide bonds. The zero-order valence-corrected chi connectivity index (χ0v) is 16.8. The first kappa shape index (κ1) is 20.6. The van der Waals surface area contributed by atoms with Crippen LogP contribution in [0.1, 0.15) is 28.8 Å². The average Bonchev–Trinajstić information content (AvgIpc) is 2.69. The van der Waals surface area contributed by atoms with Crippen molar-refractivity contribution in [3.63, 3.8) is 0 Å². The molecular weight excluding hydrogens is 402 g/mol. The van der Waals surface area contributed by atoms with E-state index in [2.05, 4.69) is 5.32 Å². The van der Waals surface area contributed by atoms with Gasteiger partial charge in [-0.1, -0.05) is 29.3 Å². The van der Waals surface area contributed by atoms with Crippen molar-refractivity contribution in [1.82, 2.24) is 10.2 Å². The molecular formula is C21H21Cl2FN2O2. The van der Waals surface area contributed by atoms with Gasteiger partial charge in [0.15, 0.2) is 0 Å². The molecule has 1 fully saturated rings. The van der Waals surface area contributed by atoms with Gasteiger partial charge in [0.05, 0.1) is 5.92 Å². The van der Waals surface area contributed by atoms with E-state index in [1.165, 1.54) is 24.3 Å². The smallest absolute Gasteiger partial charge is 0.253 e. The van der Waals surface area contributed by atoms with Gasteiger partial charge in [-0.3, -0.25) is 9.59 Å². The van der Waals surface area contributed by atoms with Crippen LogP contribution in [0.5, 0.6) is 0 Å². The molecule has 28 heavy (non-hydrogen) atoms. The summed E-state index contributed by atoms with van der Waals surface area (Å²) >= 11 is 12.0. The lowest BCUT2D eigenvalue weighted by molar-refractivity contribution is -0.126. The summed E-state index contributed by atoms with van der Waals surface area (Å²) < 4.78 is 13.1. The fourth-order valence-corrected chi connectivity index (χ4v) is 3.84. The lowest BCUT2D eigenvalue weighted by Crippen LogP contribution is -2.45. The van der Waals surface area contributed by atoms with Gasteiger partial charge >= 0.3 is 0 Å². The first-order valence-electron chi connectivity index (χ1n) is 9.20. The van der Waals surface area contributed by atoms with Crippen molar-refractivity contribution in [3.05, 3.63) is 69.5 Å². The molecule has 3 rings (SSSR count). The molecule has 1 unspecified atom stereocenters. The maximum atomic E-state index is 13.1. The highest BCUT2D eigenvalue weighted by molar-refractivity contribution is 6.35. The van der Waals surface area contributed by atoms with Gasteiger partial charge in [-0.05, 0) is 61.2 Å². The molecule has 1 saturated heterocycles. The Morgan fingerprint density at radius 2 is 1.89 bits per heavy atom. The fourth-order valence-electron chi connectivity index (χ4n) is 3.34. The van der Waals surface area contributed by atoms with Crippen LogP contribution in [0, 0.1) is 11.7 Å². The van der Waals surface area contributed by atoms with E-state index in [9.17, 15) is 14.0 Å². The van der Waals surface area contributed by atoms with Gasteiger partial charge in [0.1, 0.15) is 5.82 Å². The van der Waals surface area contributed by atoms with Crippen molar-refractivity contribution in [2.24, 2.45) is 5.92 Å². The molecule has 1 N–H and O–H groups in total. The second kappa shape index (κ2) is 9.39. The third-order valence-corrected chi connectivity index (χ3v) is 5.47. The number of hydrogen-bond acceptors (Lipinski definition) is 2. The van der Waals surface area contributed by atoms with Gasteiger partial charge in [0, 0.05) is 35.2 Å². The molecule has 148 valence electrons. The number of hydrogen-bond donors (Lipinski definition) is 1. The van der Waals surface area contributed by atoms with Crippen molar-refractivity contribution in [2.75, 3.05) is 19.6 Å². The van der Waals surface area contributed by atoms with E-state index in [0.29, 0.717) is 41.7 Å². The lowest BCUT2D eigenvalue weighted by Gasteiger charge is -2.32.